The monoisotopic (exact) mass is 141 g/mol. The molecule has 0 aliphatic carbocycles. The Hall–Kier alpha value is -0.870. The Balaban J connectivity index is 2.70. The molecule has 1 aromatic heterocycles. The van der Waals surface area contributed by atoms with E-state index in [1.807, 2.05) is 0 Å². The molecule has 56 valence electrons. The molecule has 3 N–H and O–H groups in total. The van der Waals surface area contributed by atoms with Crippen molar-refractivity contribution in [2.75, 3.05) is 6.61 Å². The molecule has 0 unspecified atom stereocenters. The molecule has 0 saturated heterocycles. The third-order valence-electron chi connectivity index (χ3n) is 1.36. The minimum absolute atomic E-state index is 0.145. The van der Waals surface area contributed by atoms with Crippen molar-refractivity contribution in [3.8, 4) is 0 Å². The molecule has 0 amide bonds. The van der Waals surface area contributed by atoms with E-state index in [1.165, 1.54) is 0 Å². The molecule has 1 rings (SSSR count). The molecule has 0 aliphatic heterocycles. The first-order valence-electron chi connectivity index (χ1n) is 3.18. The summed E-state index contributed by atoms with van der Waals surface area (Å²) < 4.78 is 1.80. The van der Waals surface area contributed by atoms with Crippen LogP contribution in [0, 0.1) is 0 Å². The van der Waals surface area contributed by atoms with E-state index in [9.17, 15) is 0 Å². The maximum Gasteiger partial charge on any atom is 0.0959 e. The van der Waals surface area contributed by atoms with Gasteiger partial charge in [0.1, 0.15) is 0 Å². The zero-order valence-corrected chi connectivity index (χ0v) is 5.70. The first-order chi connectivity index (χ1) is 4.88. The highest BCUT2D eigenvalue weighted by molar-refractivity contribution is 4.97. The van der Waals surface area contributed by atoms with Gasteiger partial charge < -0.3 is 15.4 Å². The molecule has 0 spiro atoms. The zero-order chi connectivity index (χ0) is 7.40. The maximum atomic E-state index is 8.58. The predicted molar refractivity (Wildman–Crippen MR) is 37.2 cm³/mol. The van der Waals surface area contributed by atoms with Crippen LogP contribution in [0.25, 0.3) is 0 Å². The summed E-state index contributed by atoms with van der Waals surface area (Å²) in [5, 5.41) is 8.58. The van der Waals surface area contributed by atoms with Gasteiger partial charge in [0.05, 0.1) is 13.0 Å². The lowest BCUT2D eigenvalue weighted by Crippen LogP contribution is -2.09. The van der Waals surface area contributed by atoms with Gasteiger partial charge in [-0.05, 0) is 0 Å². The number of hydrogen-bond acceptors (Lipinski definition) is 3. The van der Waals surface area contributed by atoms with E-state index in [0.717, 1.165) is 5.69 Å². The van der Waals surface area contributed by atoms with Crippen LogP contribution in [-0.4, -0.2) is 21.3 Å². The smallest absolute Gasteiger partial charge is 0.0959 e. The van der Waals surface area contributed by atoms with Crippen molar-refractivity contribution in [1.82, 2.24) is 9.55 Å². The van der Waals surface area contributed by atoms with Gasteiger partial charge in [-0.1, -0.05) is 0 Å². The largest absolute Gasteiger partial charge is 0.396 e. The molecule has 10 heavy (non-hydrogen) atoms. The summed E-state index contributed by atoms with van der Waals surface area (Å²) in [5.74, 6) is 0. The van der Waals surface area contributed by atoms with Crippen LogP contribution in [0.3, 0.4) is 0 Å². The Kier molecular flexibility index (Phi) is 2.42. The Morgan fingerprint density at radius 2 is 2.50 bits per heavy atom. The van der Waals surface area contributed by atoms with Gasteiger partial charge in [-0.15, -0.1) is 0 Å². The second-order valence-electron chi connectivity index (χ2n) is 2.01. The van der Waals surface area contributed by atoms with Crippen molar-refractivity contribution in [3.05, 3.63) is 18.2 Å². The number of aliphatic hydroxyl groups is 1. The van der Waals surface area contributed by atoms with Gasteiger partial charge >= 0.3 is 0 Å². The van der Waals surface area contributed by atoms with Crippen molar-refractivity contribution in [2.45, 2.75) is 13.1 Å². The molecule has 0 radical (unpaired) electrons. The lowest BCUT2D eigenvalue weighted by atomic mass is 10.3. The van der Waals surface area contributed by atoms with Gasteiger partial charge in [-0.25, -0.2) is 4.98 Å². The van der Waals surface area contributed by atoms with E-state index in [0.29, 0.717) is 13.1 Å². The average Bonchev–Trinajstić information content (AvgIpc) is 2.36. The molecule has 0 atom stereocenters. The molecule has 0 fully saturated rings. The maximum absolute atomic E-state index is 8.58. The Labute approximate surface area is 59.3 Å². The topological polar surface area (TPSA) is 64.1 Å². The Bertz CT molecular complexity index is 197. The van der Waals surface area contributed by atoms with Crippen LogP contribution < -0.4 is 5.73 Å². The first kappa shape index (κ1) is 7.24. The highest BCUT2D eigenvalue weighted by Gasteiger charge is 1.97. The lowest BCUT2D eigenvalue weighted by Gasteiger charge is -2.00. The second-order valence-corrected chi connectivity index (χ2v) is 2.01. The molecule has 0 saturated carbocycles. The highest BCUT2D eigenvalue weighted by Crippen LogP contribution is 1.97. The van der Waals surface area contributed by atoms with Crippen molar-refractivity contribution in [3.63, 3.8) is 0 Å². The number of rotatable bonds is 3. The third kappa shape index (κ3) is 1.34. The molecular weight excluding hydrogens is 130 g/mol. The SMILES string of the molecule is NCn1cncc1CCO. The van der Waals surface area contributed by atoms with Gasteiger partial charge in [0.25, 0.3) is 0 Å². The zero-order valence-electron chi connectivity index (χ0n) is 5.70. The summed E-state index contributed by atoms with van der Waals surface area (Å²) in [6.07, 6.45) is 3.99. The second kappa shape index (κ2) is 3.34. The first-order valence-corrected chi connectivity index (χ1v) is 3.18. The van der Waals surface area contributed by atoms with E-state index in [4.69, 9.17) is 10.8 Å². The fourth-order valence-electron chi connectivity index (χ4n) is 0.835. The van der Waals surface area contributed by atoms with Crippen LogP contribution in [0.5, 0.6) is 0 Å². The van der Waals surface area contributed by atoms with Gasteiger partial charge in [-0.2, -0.15) is 0 Å². The number of nitrogens with zero attached hydrogens (tertiary/aromatic N) is 2. The molecular formula is C6H11N3O. The van der Waals surface area contributed by atoms with E-state index in [1.54, 1.807) is 17.1 Å². The van der Waals surface area contributed by atoms with Crippen molar-refractivity contribution < 1.29 is 5.11 Å². The molecule has 0 aromatic carbocycles. The van der Waals surface area contributed by atoms with E-state index in [-0.39, 0.29) is 6.61 Å². The van der Waals surface area contributed by atoms with Crippen LogP contribution >= 0.6 is 0 Å². The Morgan fingerprint density at radius 1 is 1.70 bits per heavy atom. The van der Waals surface area contributed by atoms with E-state index >= 15 is 0 Å². The molecule has 0 bridgehead atoms. The van der Waals surface area contributed by atoms with Crippen molar-refractivity contribution in [1.29, 1.82) is 0 Å². The lowest BCUT2D eigenvalue weighted by molar-refractivity contribution is 0.296. The number of hydrogen-bond donors (Lipinski definition) is 2. The van der Waals surface area contributed by atoms with Gasteiger partial charge in [0.15, 0.2) is 0 Å². The highest BCUT2D eigenvalue weighted by atomic mass is 16.3. The summed E-state index contributed by atoms with van der Waals surface area (Å²) >= 11 is 0. The molecule has 4 nitrogen and oxygen atoms in total. The van der Waals surface area contributed by atoms with Crippen LogP contribution in [0.15, 0.2) is 12.5 Å². The number of aromatic nitrogens is 2. The van der Waals surface area contributed by atoms with Crippen molar-refractivity contribution in [2.24, 2.45) is 5.73 Å². The van der Waals surface area contributed by atoms with Crippen LogP contribution in [0.1, 0.15) is 5.69 Å². The van der Waals surface area contributed by atoms with Gasteiger partial charge in [0, 0.05) is 24.9 Å². The quantitative estimate of drug-likeness (QED) is 0.587. The summed E-state index contributed by atoms with van der Waals surface area (Å²) in [7, 11) is 0. The summed E-state index contributed by atoms with van der Waals surface area (Å²) in [4.78, 5) is 3.88. The molecule has 1 heterocycles. The van der Waals surface area contributed by atoms with Crippen LogP contribution in [0.2, 0.25) is 0 Å². The molecule has 1 aromatic rings. The van der Waals surface area contributed by atoms with Gasteiger partial charge in [-0.3, -0.25) is 0 Å². The predicted octanol–water partition coefficient (Wildman–Crippen LogP) is -0.666. The number of aliphatic hydroxyl groups excluding tert-OH is 1. The van der Waals surface area contributed by atoms with Crippen LogP contribution in [0.4, 0.5) is 0 Å². The molecule has 0 aliphatic rings. The fraction of sp³-hybridized carbons (Fsp3) is 0.500. The minimum Gasteiger partial charge on any atom is -0.396 e. The third-order valence-corrected chi connectivity index (χ3v) is 1.36. The minimum atomic E-state index is 0.145. The summed E-state index contributed by atoms with van der Waals surface area (Å²) in [6.45, 7) is 0.570. The fourth-order valence-corrected chi connectivity index (χ4v) is 0.835. The number of nitrogens with two attached hydrogens (primary N) is 1. The van der Waals surface area contributed by atoms with Crippen molar-refractivity contribution >= 4 is 0 Å². The molecule has 4 heteroatoms. The number of imidazole rings is 1. The summed E-state index contributed by atoms with van der Waals surface area (Å²) in [6, 6.07) is 0. The Morgan fingerprint density at radius 3 is 3.10 bits per heavy atom. The van der Waals surface area contributed by atoms with E-state index < -0.39 is 0 Å². The standard InChI is InChI=1S/C6H11N3O/c7-4-9-5-8-3-6(9)1-2-10/h3,5,10H,1-2,4,7H2. The average molecular weight is 141 g/mol. The van der Waals surface area contributed by atoms with Crippen LogP contribution in [-0.2, 0) is 13.1 Å². The van der Waals surface area contributed by atoms with E-state index in [2.05, 4.69) is 4.98 Å². The summed E-state index contributed by atoms with van der Waals surface area (Å²) in [5.41, 5.74) is 6.34. The normalized spacial score (nSPS) is 10.2. The van der Waals surface area contributed by atoms with Gasteiger partial charge in [0.2, 0.25) is 0 Å².